The molecule has 1 aliphatic heterocycles. The van der Waals surface area contributed by atoms with Crippen molar-refractivity contribution in [3.63, 3.8) is 0 Å². The zero-order chi connectivity index (χ0) is 23.0. The van der Waals surface area contributed by atoms with E-state index in [1.165, 1.54) is 29.2 Å². The van der Waals surface area contributed by atoms with Crippen molar-refractivity contribution in [2.24, 2.45) is 0 Å². The molecule has 168 valence electrons. The number of benzene rings is 2. The van der Waals surface area contributed by atoms with Gasteiger partial charge < -0.3 is 25.0 Å². The van der Waals surface area contributed by atoms with Crippen molar-refractivity contribution < 1.29 is 18.4 Å². The number of anilines is 2. The summed E-state index contributed by atoms with van der Waals surface area (Å²) in [5.41, 5.74) is 2.49. The zero-order valence-corrected chi connectivity index (χ0v) is 18.2. The Hall–Kier alpha value is -3.62. The topological polar surface area (TPSA) is 71.7 Å². The molecule has 9 heteroatoms. The average molecular weight is 441 g/mol. The molecule has 0 spiro atoms. The van der Waals surface area contributed by atoms with Gasteiger partial charge in [0.1, 0.15) is 17.3 Å². The number of hydrogen-bond donors (Lipinski definition) is 2. The number of aromatic amines is 1. The van der Waals surface area contributed by atoms with E-state index in [-0.39, 0.29) is 11.7 Å². The SMILES string of the molecule is Cc1ccc(F)c2cc(C(=O)Nc3cc(F)cc(N4CCN(C(=O)N(C)C)CC4)c3)[nH]c12. The second kappa shape index (κ2) is 8.49. The minimum atomic E-state index is -0.488. The van der Waals surface area contributed by atoms with E-state index in [0.29, 0.717) is 48.5 Å². The lowest BCUT2D eigenvalue weighted by molar-refractivity contribution is 0.102. The highest BCUT2D eigenvalue weighted by Gasteiger charge is 2.23. The maximum absolute atomic E-state index is 14.3. The Bertz CT molecular complexity index is 1140. The first-order valence-electron chi connectivity index (χ1n) is 10.3. The summed E-state index contributed by atoms with van der Waals surface area (Å²) in [6.07, 6.45) is 0. The van der Waals surface area contributed by atoms with E-state index in [0.717, 1.165) is 5.56 Å². The lowest BCUT2D eigenvalue weighted by Gasteiger charge is -2.37. The van der Waals surface area contributed by atoms with Crippen molar-refractivity contribution >= 4 is 34.2 Å². The van der Waals surface area contributed by atoms with Crippen molar-refractivity contribution in [2.45, 2.75) is 6.92 Å². The third-order valence-corrected chi connectivity index (χ3v) is 5.63. The second-order valence-electron chi connectivity index (χ2n) is 8.14. The highest BCUT2D eigenvalue weighted by Crippen LogP contribution is 2.26. The van der Waals surface area contributed by atoms with E-state index in [4.69, 9.17) is 0 Å². The summed E-state index contributed by atoms with van der Waals surface area (Å²) in [4.78, 5) is 33.0. The van der Waals surface area contributed by atoms with Gasteiger partial charge in [0.2, 0.25) is 0 Å². The molecule has 3 aromatic rings. The lowest BCUT2D eigenvalue weighted by atomic mass is 10.1. The minimum absolute atomic E-state index is 0.0538. The summed E-state index contributed by atoms with van der Waals surface area (Å²) in [7, 11) is 3.41. The fourth-order valence-electron chi connectivity index (χ4n) is 3.91. The molecule has 4 rings (SSSR count). The van der Waals surface area contributed by atoms with Crippen LogP contribution in [0.5, 0.6) is 0 Å². The van der Waals surface area contributed by atoms with Crippen molar-refractivity contribution in [2.75, 3.05) is 50.5 Å². The number of urea groups is 1. The Morgan fingerprint density at radius 1 is 1.03 bits per heavy atom. The molecule has 2 heterocycles. The number of aromatic nitrogens is 1. The third kappa shape index (κ3) is 4.23. The van der Waals surface area contributed by atoms with Gasteiger partial charge in [0, 0.05) is 57.0 Å². The maximum Gasteiger partial charge on any atom is 0.319 e. The van der Waals surface area contributed by atoms with Gasteiger partial charge in [-0.3, -0.25) is 4.79 Å². The molecule has 32 heavy (non-hydrogen) atoms. The number of aryl methyl sites for hydroxylation is 1. The lowest BCUT2D eigenvalue weighted by Crippen LogP contribution is -2.51. The molecular formula is C23H25F2N5O2. The third-order valence-electron chi connectivity index (χ3n) is 5.63. The van der Waals surface area contributed by atoms with Gasteiger partial charge >= 0.3 is 6.03 Å². The summed E-state index contributed by atoms with van der Waals surface area (Å²) in [5, 5.41) is 3.02. The number of H-pyrrole nitrogens is 1. The number of nitrogens with one attached hydrogen (secondary N) is 2. The van der Waals surface area contributed by atoms with Gasteiger partial charge in [-0.15, -0.1) is 0 Å². The molecule has 2 N–H and O–H groups in total. The van der Waals surface area contributed by atoms with Gasteiger partial charge in [-0.05, 0) is 42.8 Å². The monoisotopic (exact) mass is 441 g/mol. The molecule has 0 atom stereocenters. The molecule has 0 unspecified atom stereocenters. The first-order chi connectivity index (χ1) is 15.2. The Morgan fingerprint density at radius 3 is 2.41 bits per heavy atom. The Morgan fingerprint density at radius 2 is 1.75 bits per heavy atom. The summed E-state index contributed by atoms with van der Waals surface area (Å²) >= 11 is 0. The van der Waals surface area contributed by atoms with E-state index < -0.39 is 17.5 Å². The van der Waals surface area contributed by atoms with Crippen LogP contribution in [0.15, 0.2) is 36.4 Å². The summed E-state index contributed by atoms with van der Waals surface area (Å²) in [5.74, 6) is -1.39. The standard InChI is InChI=1S/C23H25F2N5O2/c1-14-4-5-19(25)18-13-20(27-21(14)18)22(31)26-16-10-15(24)11-17(12-16)29-6-8-30(9-7-29)23(32)28(2)3/h4-5,10-13,27H,6-9H2,1-3H3,(H,26,31). The predicted molar refractivity (Wildman–Crippen MR) is 120 cm³/mol. The van der Waals surface area contributed by atoms with Crippen LogP contribution >= 0.6 is 0 Å². The van der Waals surface area contributed by atoms with Crippen LogP contribution < -0.4 is 10.2 Å². The van der Waals surface area contributed by atoms with Crippen LogP contribution in [0.25, 0.3) is 10.9 Å². The van der Waals surface area contributed by atoms with Crippen LogP contribution in [0.4, 0.5) is 25.0 Å². The number of carbonyl (C=O) groups is 2. The largest absolute Gasteiger partial charge is 0.368 e. The summed E-state index contributed by atoms with van der Waals surface area (Å²) in [6.45, 7) is 3.98. The van der Waals surface area contributed by atoms with Gasteiger partial charge in [0.05, 0.1) is 5.52 Å². The van der Waals surface area contributed by atoms with Gasteiger partial charge in [0.25, 0.3) is 5.91 Å². The smallest absolute Gasteiger partial charge is 0.319 e. The van der Waals surface area contributed by atoms with E-state index >= 15 is 0 Å². The highest BCUT2D eigenvalue weighted by atomic mass is 19.1. The van der Waals surface area contributed by atoms with E-state index in [9.17, 15) is 18.4 Å². The maximum atomic E-state index is 14.3. The number of carbonyl (C=O) groups excluding carboxylic acids is 2. The van der Waals surface area contributed by atoms with Gasteiger partial charge in [-0.1, -0.05) is 6.07 Å². The summed E-state index contributed by atoms with van der Waals surface area (Å²) in [6, 6.07) is 8.73. The number of nitrogens with zero attached hydrogens (tertiary/aromatic N) is 3. The average Bonchev–Trinajstić information content (AvgIpc) is 3.23. The number of amides is 3. The number of halogens is 2. The van der Waals surface area contributed by atoms with Crippen LogP contribution in [0.3, 0.4) is 0 Å². The first-order valence-corrected chi connectivity index (χ1v) is 10.3. The molecule has 0 saturated carbocycles. The zero-order valence-electron chi connectivity index (χ0n) is 18.2. The molecule has 0 radical (unpaired) electrons. The van der Waals surface area contributed by atoms with Crippen molar-refractivity contribution in [3.8, 4) is 0 Å². The Kier molecular flexibility index (Phi) is 5.73. The van der Waals surface area contributed by atoms with E-state index in [2.05, 4.69) is 10.3 Å². The molecule has 7 nitrogen and oxygen atoms in total. The van der Waals surface area contributed by atoms with Crippen molar-refractivity contribution in [3.05, 3.63) is 59.3 Å². The van der Waals surface area contributed by atoms with Gasteiger partial charge in [-0.2, -0.15) is 0 Å². The Balaban J connectivity index is 1.50. The van der Waals surface area contributed by atoms with Crippen LogP contribution in [-0.4, -0.2) is 67.0 Å². The summed E-state index contributed by atoms with van der Waals surface area (Å²) < 4.78 is 28.4. The van der Waals surface area contributed by atoms with Crippen LogP contribution in [0, 0.1) is 18.6 Å². The van der Waals surface area contributed by atoms with Crippen molar-refractivity contribution in [1.29, 1.82) is 0 Å². The normalized spacial score (nSPS) is 14.0. The number of piperazine rings is 1. The second-order valence-corrected chi connectivity index (χ2v) is 8.14. The first kappa shape index (κ1) is 21.6. The van der Waals surface area contributed by atoms with Crippen LogP contribution in [0.2, 0.25) is 0 Å². The van der Waals surface area contributed by atoms with Crippen LogP contribution in [-0.2, 0) is 0 Å². The predicted octanol–water partition coefficient (Wildman–Crippen LogP) is 3.81. The molecule has 2 aromatic carbocycles. The number of hydrogen-bond acceptors (Lipinski definition) is 3. The number of fused-ring (bicyclic) bond motifs is 1. The molecule has 1 aliphatic rings. The van der Waals surface area contributed by atoms with Crippen LogP contribution in [0.1, 0.15) is 16.1 Å². The Labute approximate surface area is 184 Å². The highest BCUT2D eigenvalue weighted by molar-refractivity contribution is 6.06. The number of rotatable bonds is 3. The molecule has 0 bridgehead atoms. The quantitative estimate of drug-likeness (QED) is 0.649. The van der Waals surface area contributed by atoms with Gasteiger partial charge in [0.15, 0.2) is 0 Å². The van der Waals surface area contributed by atoms with E-state index in [1.807, 2.05) is 11.8 Å². The molecular weight excluding hydrogens is 416 g/mol. The molecule has 0 aliphatic carbocycles. The minimum Gasteiger partial charge on any atom is -0.368 e. The molecule has 3 amide bonds. The molecule has 1 aromatic heterocycles. The fourth-order valence-corrected chi connectivity index (χ4v) is 3.91. The molecule has 1 fully saturated rings. The fraction of sp³-hybridized carbons (Fsp3) is 0.304. The van der Waals surface area contributed by atoms with E-state index in [1.54, 1.807) is 31.1 Å². The van der Waals surface area contributed by atoms with Gasteiger partial charge in [-0.25, -0.2) is 13.6 Å². The van der Waals surface area contributed by atoms with Crippen molar-refractivity contribution in [1.82, 2.24) is 14.8 Å². The molecule has 1 saturated heterocycles.